The molecule has 5 nitrogen and oxygen atoms in total. The Morgan fingerprint density at radius 1 is 1.67 bits per heavy atom. The Labute approximate surface area is 82.6 Å². The zero-order chi connectivity index (χ0) is 11.6. The summed E-state index contributed by atoms with van der Waals surface area (Å²) in [4.78, 5) is 11.1. The molecule has 0 fully saturated rings. The Hall–Kier alpha value is -1.86. The second-order valence-corrected chi connectivity index (χ2v) is 2.66. The van der Waals surface area contributed by atoms with E-state index in [1.807, 2.05) is 5.43 Å². The summed E-state index contributed by atoms with van der Waals surface area (Å²) in [6.07, 6.45) is -3.71. The molecular formula is C7H7F3N4O. The van der Waals surface area contributed by atoms with Crippen LogP contribution in [0.25, 0.3) is 0 Å². The summed E-state index contributed by atoms with van der Waals surface area (Å²) in [7, 11) is 1.29. The number of rotatable bonds is 2. The molecule has 0 aliphatic heterocycles. The number of nitrogens with zero attached hydrogens (tertiary/aromatic N) is 3. The number of alkyl halides is 3. The molecule has 8 heteroatoms. The standard InChI is InChI=1S/C7H7F3N4O/c1-11-12-6(15)4-3-14(2)13-5(4)7(8,9)10/h3H,1H2,2H3,(H,12,15). The highest BCUT2D eigenvalue weighted by Gasteiger charge is 2.38. The van der Waals surface area contributed by atoms with Crippen LogP contribution in [0, 0.1) is 0 Å². The van der Waals surface area contributed by atoms with Gasteiger partial charge in [-0.2, -0.15) is 23.4 Å². The molecule has 15 heavy (non-hydrogen) atoms. The molecule has 1 amide bonds. The molecule has 0 unspecified atom stereocenters. The molecule has 1 N–H and O–H groups in total. The SMILES string of the molecule is C=NNC(=O)c1cn(C)nc1C(F)(F)F. The van der Waals surface area contributed by atoms with Crippen LogP contribution < -0.4 is 5.43 Å². The number of carbonyl (C=O) groups is 1. The average molecular weight is 220 g/mol. The number of nitrogens with one attached hydrogen (secondary N) is 1. The van der Waals surface area contributed by atoms with Gasteiger partial charge in [-0.3, -0.25) is 9.48 Å². The van der Waals surface area contributed by atoms with Crippen molar-refractivity contribution >= 4 is 12.6 Å². The van der Waals surface area contributed by atoms with Gasteiger partial charge in [0.05, 0.1) is 5.56 Å². The Morgan fingerprint density at radius 2 is 2.27 bits per heavy atom. The number of aryl methyl sites for hydroxylation is 1. The number of aromatic nitrogens is 2. The number of halogens is 3. The number of amides is 1. The third-order valence-electron chi connectivity index (χ3n) is 1.52. The van der Waals surface area contributed by atoms with Crippen molar-refractivity contribution in [3.8, 4) is 0 Å². The molecule has 1 rings (SSSR count). The fourth-order valence-corrected chi connectivity index (χ4v) is 0.996. The first-order valence-corrected chi connectivity index (χ1v) is 3.73. The van der Waals surface area contributed by atoms with Crippen LogP contribution in [0.2, 0.25) is 0 Å². The van der Waals surface area contributed by atoms with Gasteiger partial charge in [0, 0.05) is 20.0 Å². The van der Waals surface area contributed by atoms with Crippen molar-refractivity contribution in [1.82, 2.24) is 15.2 Å². The lowest BCUT2D eigenvalue weighted by Gasteiger charge is -2.04. The predicted molar refractivity (Wildman–Crippen MR) is 45.2 cm³/mol. The molecule has 0 spiro atoms. The molecular weight excluding hydrogens is 213 g/mol. The van der Waals surface area contributed by atoms with Gasteiger partial charge in [-0.1, -0.05) is 0 Å². The summed E-state index contributed by atoms with van der Waals surface area (Å²) in [6, 6.07) is 0. The maximum absolute atomic E-state index is 12.4. The molecule has 0 saturated carbocycles. The highest BCUT2D eigenvalue weighted by atomic mass is 19.4. The maximum Gasteiger partial charge on any atom is 0.435 e. The van der Waals surface area contributed by atoms with Gasteiger partial charge in [0.15, 0.2) is 5.69 Å². The number of hydrazone groups is 1. The molecule has 1 heterocycles. The van der Waals surface area contributed by atoms with Crippen LogP contribution in [-0.4, -0.2) is 22.4 Å². The van der Waals surface area contributed by atoms with E-state index in [0.717, 1.165) is 10.9 Å². The Morgan fingerprint density at radius 3 is 2.73 bits per heavy atom. The lowest BCUT2D eigenvalue weighted by molar-refractivity contribution is -0.141. The van der Waals surface area contributed by atoms with E-state index in [2.05, 4.69) is 16.9 Å². The van der Waals surface area contributed by atoms with E-state index in [0.29, 0.717) is 0 Å². The summed E-state index contributed by atoms with van der Waals surface area (Å²) >= 11 is 0. The molecule has 0 bridgehead atoms. The number of hydrogen-bond acceptors (Lipinski definition) is 3. The van der Waals surface area contributed by atoms with Crippen molar-refractivity contribution in [2.24, 2.45) is 12.1 Å². The molecule has 1 aromatic rings. The van der Waals surface area contributed by atoms with E-state index in [1.54, 1.807) is 0 Å². The summed E-state index contributed by atoms with van der Waals surface area (Å²) < 4.78 is 38.0. The van der Waals surface area contributed by atoms with Crippen molar-refractivity contribution in [1.29, 1.82) is 0 Å². The first-order chi connectivity index (χ1) is 6.86. The zero-order valence-corrected chi connectivity index (χ0v) is 7.67. The van der Waals surface area contributed by atoms with E-state index in [9.17, 15) is 18.0 Å². The first kappa shape index (κ1) is 11.2. The van der Waals surface area contributed by atoms with Gasteiger partial charge in [0.1, 0.15) is 0 Å². The zero-order valence-electron chi connectivity index (χ0n) is 7.67. The van der Waals surface area contributed by atoms with E-state index < -0.39 is 23.3 Å². The fourth-order valence-electron chi connectivity index (χ4n) is 0.996. The van der Waals surface area contributed by atoms with Crippen LogP contribution in [0.1, 0.15) is 16.1 Å². The highest BCUT2D eigenvalue weighted by Crippen LogP contribution is 2.30. The second-order valence-electron chi connectivity index (χ2n) is 2.66. The van der Waals surface area contributed by atoms with E-state index >= 15 is 0 Å². The Bertz CT molecular complexity index is 395. The summed E-state index contributed by atoms with van der Waals surface area (Å²) in [6.45, 7) is 2.93. The van der Waals surface area contributed by atoms with Crippen LogP contribution in [0.4, 0.5) is 13.2 Å². The van der Waals surface area contributed by atoms with Gasteiger partial charge in [-0.25, -0.2) is 5.43 Å². The van der Waals surface area contributed by atoms with Crippen molar-refractivity contribution in [3.63, 3.8) is 0 Å². The fraction of sp³-hybridized carbons (Fsp3) is 0.286. The summed E-state index contributed by atoms with van der Waals surface area (Å²) in [5, 5.41) is 6.14. The lowest BCUT2D eigenvalue weighted by Crippen LogP contribution is -2.20. The third kappa shape index (κ3) is 2.33. The van der Waals surface area contributed by atoms with Gasteiger partial charge in [-0.05, 0) is 0 Å². The number of hydrogen-bond donors (Lipinski definition) is 1. The minimum absolute atomic E-state index is 0.586. The van der Waals surface area contributed by atoms with Gasteiger partial charge in [-0.15, -0.1) is 0 Å². The van der Waals surface area contributed by atoms with Crippen LogP contribution in [-0.2, 0) is 13.2 Å². The largest absolute Gasteiger partial charge is 0.435 e. The van der Waals surface area contributed by atoms with Crippen LogP contribution >= 0.6 is 0 Å². The van der Waals surface area contributed by atoms with Crippen molar-refractivity contribution in [2.45, 2.75) is 6.18 Å². The molecule has 82 valence electrons. The molecule has 1 aromatic heterocycles. The van der Waals surface area contributed by atoms with Gasteiger partial charge >= 0.3 is 6.18 Å². The van der Waals surface area contributed by atoms with Gasteiger partial charge in [0.25, 0.3) is 5.91 Å². The quantitative estimate of drug-likeness (QED) is 0.591. The normalized spacial score (nSPS) is 11.2. The Balaban J connectivity index is 3.17. The van der Waals surface area contributed by atoms with Crippen LogP contribution in [0.5, 0.6) is 0 Å². The molecule has 0 radical (unpaired) electrons. The predicted octanol–water partition coefficient (Wildman–Crippen LogP) is 0.784. The van der Waals surface area contributed by atoms with Gasteiger partial charge < -0.3 is 0 Å². The summed E-state index contributed by atoms with van der Waals surface area (Å²) in [5.74, 6) is -0.995. The van der Waals surface area contributed by atoms with Crippen LogP contribution in [0.3, 0.4) is 0 Å². The smallest absolute Gasteiger partial charge is 0.274 e. The number of carbonyl (C=O) groups excluding carboxylic acids is 1. The van der Waals surface area contributed by atoms with Gasteiger partial charge in [0.2, 0.25) is 0 Å². The second kappa shape index (κ2) is 3.71. The molecule has 0 aliphatic rings. The monoisotopic (exact) mass is 220 g/mol. The topological polar surface area (TPSA) is 59.3 Å². The first-order valence-electron chi connectivity index (χ1n) is 3.73. The van der Waals surface area contributed by atoms with Crippen molar-refractivity contribution in [2.75, 3.05) is 0 Å². The van der Waals surface area contributed by atoms with Crippen molar-refractivity contribution < 1.29 is 18.0 Å². The molecule has 0 aliphatic carbocycles. The maximum atomic E-state index is 12.4. The third-order valence-corrected chi connectivity index (χ3v) is 1.52. The Kier molecular flexibility index (Phi) is 2.78. The van der Waals surface area contributed by atoms with Crippen LogP contribution in [0.15, 0.2) is 11.3 Å². The van der Waals surface area contributed by atoms with Crippen molar-refractivity contribution in [3.05, 3.63) is 17.5 Å². The van der Waals surface area contributed by atoms with E-state index in [1.165, 1.54) is 7.05 Å². The minimum Gasteiger partial charge on any atom is -0.274 e. The van der Waals surface area contributed by atoms with E-state index in [-0.39, 0.29) is 0 Å². The van der Waals surface area contributed by atoms with E-state index in [4.69, 9.17) is 0 Å². The summed E-state index contributed by atoms with van der Waals surface area (Å²) in [5.41, 5.74) is -0.0208. The average Bonchev–Trinajstić information content (AvgIpc) is 2.47. The molecule has 0 saturated heterocycles. The minimum atomic E-state index is -4.67. The highest BCUT2D eigenvalue weighted by molar-refractivity contribution is 5.95. The molecule has 0 aromatic carbocycles. The molecule has 0 atom stereocenters. The lowest BCUT2D eigenvalue weighted by atomic mass is 10.2.